The fourth-order valence-corrected chi connectivity index (χ4v) is 5.46. The molecule has 5 heterocycles. The van der Waals surface area contributed by atoms with E-state index in [-0.39, 0.29) is 12.6 Å². The molecule has 0 saturated carbocycles. The van der Waals surface area contributed by atoms with Crippen molar-refractivity contribution in [3.63, 3.8) is 0 Å². The van der Waals surface area contributed by atoms with Crippen LogP contribution in [0.1, 0.15) is 17.7 Å². The van der Waals surface area contributed by atoms with E-state index in [4.69, 9.17) is 11.6 Å². The van der Waals surface area contributed by atoms with Gasteiger partial charge in [0, 0.05) is 31.7 Å². The Morgan fingerprint density at radius 1 is 1.25 bits per heavy atom. The zero-order valence-corrected chi connectivity index (χ0v) is 19.3. The van der Waals surface area contributed by atoms with Crippen LogP contribution in [0.4, 0.5) is 5.95 Å². The lowest BCUT2D eigenvalue weighted by Gasteiger charge is -2.34. The van der Waals surface area contributed by atoms with Gasteiger partial charge in [-0.15, -0.1) is 0 Å². The quantitative estimate of drug-likeness (QED) is 0.575. The molecule has 3 aromatic heterocycles. The standard InChI is InChI=1S/C20H24ClN7O3S/c1-26-9-12-3-4-16-13(7-23-28(16)17(12)10-26)19-14(21)8-22-20(25-19)24-15-5-6-27(11-18(15)29)32(2,30)31/h3-4,7-8,15,18,29H,5-6,9-11H2,1-2H3,(H,22,24,25)/t15-,18-/m1/s1. The molecular weight excluding hydrogens is 454 g/mol. The molecule has 2 N–H and O–H groups in total. The minimum absolute atomic E-state index is 0.0323. The van der Waals surface area contributed by atoms with Gasteiger partial charge in [-0.25, -0.2) is 22.9 Å². The number of hydrogen-bond acceptors (Lipinski definition) is 8. The number of hydrogen-bond donors (Lipinski definition) is 2. The number of rotatable bonds is 4. The number of aromatic nitrogens is 4. The number of β-amino-alcohol motifs (C(OH)–C–C–N with tert-alkyl or cyclic N) is 1. The summed E-state index contributed by atoms with van der Waals surface area (Å²) >= 11 is 6.45. The molecule has 5 rings (SSSR count). The van der Waals surface area contributed by atoms with E-state index in [9.17, 15) is 13.5 Å². The smallest absolute Gasteiger partial charge is 0.223 e. The second-order valence-electron chi connectivity index (χ2n) is 8.45. The monoisotopic (exact) mass is 477 g/mol. The number of fused-ring (bicyclic) bond motifs is 3. The molecule has 2 aliphatic rings. The van der Waals surface area contributed by atoms with E-state index in [1.807, 2.05) is 10.6 Å². The van der Waals surface area contributed by atoms with Crippen molar-refractivity contribution in [2.75, 3.05) is 31.7 Å². The largest absolute Gasteiger partial charge is 0.390 e. The molecule has 0 radical (unpaired) electrons. The van der Waals surface area contributed by atoms with E-state index < -0.39 is 16.1 Å². The average molecular weight is 478 g/mol. The highest BCUT2D eigenvalue weighted by atomic mass is 35.5. The van der Waals surface area contributed by atoms with Crippen LogP contribution >= 0.6 is 11.6 Å². The molecular formula is C20H24ClN7O3S. The normalized spacial score (nSPS) is 22.4. The minimum Gasteiger partial charge on any atom is -0.390 e. The first-order valence-electron chi connectivity index (χ1n) is 10.3. The fourth-order valence-electron chi connectivity index (χ4n) is 4.41. The molecule has 1 fully saturated rings. The van der Waals surface area contributed by atoms with E-state index in [1.165, 1.54) is 16.1 Å². The van der Waals surface area contributed by atoms with Crippen LogP contribution in [-0.4, -0.2) is 80.9 Å². The van der Waals surface area contributed by atoms with Gasteiger partial charge in [0.25, 0.3) is 0 Å². The lowest BCUT2D eigenvalue weighted by Crippen LogP contribution is -2.51. The summed E-state index contributed by atoms with van der Waals surface area (Å²) in [4.78, 5) is 11.1. The second kappa shape index (κ2) is 7.92. The molecule has 170 valence electrons. The van der Waals surface area contributed by atoms with E-state index >= 15 is 0 Å². The van der Waals surface area contributed by atoms with Crippen LogP contribution in [0.2, 0.25) is 5.02 Å². The van der Waals surface area contributed by atoms with Crippen molar-refractivity contribution in [3.8, 4) is 11.3 Å². The van der Waals surface area contributed by atoms with Crippen LogP contribution in [0.25, 0.3) is 16.8 Å². The van der Waals surface area contributed by atoms with Crippen molar-refractivity contribution < 1.29 is 13.5 Å². The third kappa shape index (κ3) is 3.84. The number of pyridine rings is 1. The van der Waals surface area contributed by atoms with Gasteiger partial charge in [0.15, 0.2) is 0 Å². The predicted molar refractivity (Wildman–Crippen MR) is 121 cm³/mol. The average Bonchev–Trinajstić information content (AvgIpc) is 3.32. The summed E-state index contributed by atoms with van der Waals surface area (Å²) in [5.74, 6) is 0.321. The topological polar surface area (TPSA) is 116 Å². The molecule has 0 aliphatic carbocycles. The second-order valence-corrected chi connectivity index (χ2v) is 10.8. The first kappa shape index (κ1) is 21.5. The highest BCUT2D eigenvalue weighted by Gasteiger charge is 2.32. The Hall–Kier alpha value is -2.31. The zero-order valence-electron chi connectivity index (χ0n) is 17.7. The van der Waals surface area contributed by atoms with Crippen molar-refractivity contribution >= 4 is 33.1 Å². The van der Waals surface area contributed by atoms with Crippen LogP contribution in [-0.2, 0) is 23.1 Å². The van der Waals surface area contributed by atoms with Crippen LogP contribution < -0.4 is 5.32 Å². The highest BCUT2D eigenvalue weighted by molar-refractivity contribution is 7.88. The van der Waals surface area contributed by atoms with Gasteiger partial charge in [-0.05, 0) is 25.1 Å². The molecule has 10 nitrogen and oxygen atoms in total. The molecule has 0 unspecified atom stereocenters. The molecule has 1 saturated heterocycles. The first-order valence-corrected chi connectivity index (χ1v) is 12.5. The summed E-state index contributed by atoms with van der Waals surface area (Å²) in [5, 5.41) is 18.6. The molecule has 2 aliphatic heterocycles. The third-order valence-corrected chi connectivity index (χ3v) is 7.61. The van der Waals surface area contributed by atoms with Gasteiger partial charge in [0.1, 0.15) is 0 Å². The third-order valence-electron chi connectivity index (χ3n) is 6.06. The van der Waals surface area contributed by atoms with Crippen molar-refractivity contribution in [1.29, 1.82) is 0 Å². The molecule has 2 atom stereocenters. The Kier molecular flexibility index (Phi) is 5.33. The zero-order chi connectivity index (χ0) is 22.6. The maximum atomic E-state index is 11.8. The Morgan fingerprint density at radius 2 is 2.06 bits per heavy atom. The van der Waals surface area contributed by atoms with Crippen molar-refractivity contribution in [2.45, 2.75) is 31.7 Å². The molecule has 0 spiro atoms. The molecule has 0 bridgehead atoms. The predicted octanol–water partition coefficient (Wildman–Crippen LogP) is 1.20. The summed E-state index contributed by atoms with van der Waals surface area (Å²) in [5.41, 5.74) is 4.66. The SMILES string of the molecule is CN1Cc2ccc3c(-c4nc(N[C@@H]5CCN(S(C)(=O)=O)C[C@H]5O)ncc4Cl)cnn3c2C1. The van der Waals surface area contributed by atoms with Crippen molar-refractivity contribution in [2.24, 2.45) is 0 Å². The lowest BCUT2D eigenvalue weighted by atomic mass is 10.0. The van der Waals surface area contributed by atoms with Gasteiger partial charge in [-0.3, -0.25) is 4.90 Å². The Bertz CT molecular complexity index is 1300. The molecule has 12 heteroatoms. The van der Waals surface area contributed by atoms with E-state index in [2.05, 4.69) is 38.4 Å². The Morgan fingerprint density at radius 3 is 2.81 bits per heavy atom. The summed E-state index contributed by atoms with van der Waals surface area (Å²) in [7, 11) is -1.27. The van der Waals surface area contributed by atoms with Crippen LogP contribution in [0.15, 0.2) is 24.5 Å². The van der Waals surface area contributed by atoms with Crippen LogP contribution in [0.5, 0.6) is 0 Å². The maximum absolute atomic E-state index is 11.8. The number of sulfonamides is 1. The number of piperidine rings is 1. The first-order chi connectivity index (χ1) is 15.2. The van der Waals surface area contributed by atoms with Gasteiger partial charge in [0.05, 0.1) is 52.7 Å². The van der Waals surface area contributed by atoms with Crippen molar-refractivity contribution in [1.82, 2.24) is 28.8 Å². The minimum atomic E-state index is -3.34. The number of halogens is 1. The number of aliphatic hydroxyl groups is 1. The van der Waals surface area contributed by atoms with Crippen LogP contribution in [0, 0.1) is 0 Å². The molecule has 0 amide bonds. The van der Waals surface area contributed by atoms with Gasteiger partial charge in [-0.2, -0.15) is 9.40 Å². The molecule has 0 aromatic carbocycles. The number of nitrogens with zero attached hydrogens (tertiary/aromatic N) is 6. The van der Waals surface area contributed by atoms with Crippen LogP contribution in [0.3, 0.4) is 0 Å². The molecule has 3 aromatic rings. The maximum Gasteiger partial charge on any atom is 0.223 e. The van der Waals surface area contributed by atoms with E-state index in [0.29, 0.717) is 29.6 Å². The molecule has 32 heavy (non-hydrogen) atoms. The van der Waals surface area contributed by atoms with Gasteiger partial charge in [-0.1, -0.05) is 17.7 Å². The van der Waals surface area contributed by atoms with Gasteiger partial charge in [0.2, 0.25) is 16.0 Å². The summed E-state index contributed by atoms with van der Waals surface area (Å²) in [6.07, 6.45) is 3.98. The summed E-state index contributed by atoms with van der Waals surface area (Å²) in [6.45, 7) is 2.07. The fraction of sp³-hybridized carbons (Fsp3) is 0.450. The number of nitrogens with one attached hydrogen (secondary N) is 1. The summed E-state index contributed by atoms with van der Waals surface area (Å²) < 4.78 is 26.7. The van der Waals surface area contributed by atoms with Gasteiger partial charge >= 0.3 is 0 Å². The lowest BCUT2D eigenvalue weighted by molar-refractivity contribution is 0.0950. The van der Waals surface area contributed by atoms with E-state index in [1.54, 1.807) is 6.20 Å². The summed E-state index contributed by atoms with van der Waals surface area (Å²) in [6, 6.07) is 3.76. The van der Waals surface area contributed by atoms with Crippen molar-refractivity contribution in [3.05, 3.63) is 40.8 Å². The van der Waals surface area contributed by atoms with E-state index in [0.717, 1.165) is 36.1 Å². The number of anilines is 1. The highest BCUT2D eigenvalue weighted by Crippen LogP contribution is 2.32. The number of aliphatic hydroxyl groups excluding tert-OH is 1. The van der Waals surface area contributed by atoms with Gasteiger partial charge < -0.3 is 10.4 Å². The Labute approximate surface area is 190 Å². The Balaban J connectivity index is 1.43.